The molecule has 1 N–H and O–H groups in total. The lowest BCUT2D eigenvalue weighted by molar-refractivity contribution is -0.0496. The van der Waals surface area contributed by atoms with Crippen molar-refractivity contribution in [2.24, 2.45) is 0 Å². The molecule has 96 valence electrons. The van der Waals surface area contributed by atoms with Gasteiger partial charge in [0, 0.05) is 18.6 Å². The van der Waals surface area contributed by atoms with Crippen LogP contribution in [0.15, 0.2) is 0 Å². The van der Waals surface area contributed by atoms with Crippen molar-refractivity contribution in [3.63, 3.8) is 0 Å². The fourth-order valence-electron chi connectivity index (χ4n) is 2.19. The number of hydrogen-bond donors (Lipinski definition) is 1. The molecule has 3 heteroatoms. The Labute approximate surface area is 101 Å². The van der Waals surface area contributed by atoms with Gasteiger partial charge in [0.05, 0.1) is 12.7 Å². The van der Waals surface area contributed by atoms with Gasteiger partial charge < -0.3 is 10.1 Å². The number of nitrogens with zero attached hydrogens (tertiary/aromatic N) is 1. The molecule has 0 spiro atoms. The van der Waals surface area contributed by atoms with E-state index >= 15 is 0 Å². The van der Waals surface area contributed by atoms with E-state index in [4.69, 9.17) is 4.74 Å². The minimum atomic E-state index is 0.410. The second kappa shape index (κ2) is 7.25. The van der Waals surface area contributed by atoms with Gasteiger partial charge in [0.2, 0.25) is 0 Å². The molecule has 1 saturated heterocycles. The summed E-state index contributed by atoms with van der Waals surface area (Å²) in [4.78, 5) is 2.57. The van der Waals surface area contributed by atoms with E-state index in [2.05, 4.69) is 31.0 Å². The predicted octanol–water partition coefficient (Wildman–Crippen LogP) is 1.87. The SMILES string of the molecule is CNC(C)CCCCN1CC(C)OCC1C. The summed E-state index contributed by atoms with van der Waals surface area (Å²) in [6, 6.07) is 1.25. The van der Waals surface area contributed by atoms with Crippen molar-refractivity contribution in [2.45, 2.75) is 58.2 Å². The molecule has 0 amide bonds. The molecular formula is C13H28N2O. The Morgan fingerprint density at radius 2 is 2.12 bits per heavy atom. The largest absolute Gasteiger partial charge is 0.376 e. The zero-order valence-corrected chi connectivity index (χ0v) is 11.3. The van der Waals surface area contributed by atoms with Gasteiger partial charge in [-0.2, -0.15) is 0 Å². The molecule has 0 aliphatic carbocycles. The van der Waals surface area contributed by atoms with E-state index in [1.807, 2.05) is 7.05 Å². The maximum absolute atomic E-state index is 5.63. The lowest BCUT2D eigenvalue weighted by atomic mass is 10.1. The third-order valence-corrected chi connectivity index (χ3v) is 3.56. The first kappa shape index (κ1) is 13.9. The van der Waals surface area contributed by atoms with Crippen LogP contribution in [0.25, 0.3) is 0 Å². The van der Waals surface area contributed by atoms with Gasteiger partial charge >= 0.3 is 0 Å². The molecule has 0 saturated carbocycles. The second-order valence-electron chi connectivity index (χ2n) is 5.17. The van der Waals surface area contributed by atoms with Crippen LogP contribution in [0.1, 0.15) is 40.0 Å². The predicted molar refractivity (Wildman–Crippen MR) is 68.8 cm³/mol. The zero-order chi connectivity index (χ0) is 12.0. The van der Waals surface area contributed by atoms with E-state index in [0.29, 0.717) is 18.2 Å². The summed E-state index contributed by atoms with van der Waals surface area (Å²) in [6.45, 7) is 9.91. The van der Waals surface area contributed by atoms with Crippen molar-refractivity contribution in [3.05, 3.63) is 0 Å². The fourth-order valence-corrected chi connectivity index (χ4v) is 2.19. The molecule has 16 heavy (non-hydrogen) atoms. The Hall–Kier alpha value is -0.120. The Morgan fingerprint density at radius 3 is 2.81 bits per heavy atom. The number of ether oxygens (including phenoxy) is 1. The van der Waals surface area contributed by atoms with Crippen LogP contribution >= 0.6 is 0 Å². The lowest BCUT2D eigenvalue weighted by Crippen LogP contribution is -2.47. The molecule has 1 aliphatic rings. The highest BCUT2D eigenvalue weighted by molar-refractivity contribution is 4.75. The van der Waals surface area contributed by atoms with Gasteiger partial charge in [-0.1, -0.05) is 6.42 Å². The van der Waals surface area contributed by atoms with E-state index in [-0.39, 0.29) is 0 Å². The first-order valence-electron chi connectivity index (χ1n) is 6.66. The second-order valence-corrected chi connectivity index (χ2v) is 5.17. The van der Waals surface area contributed by atoms with Gasteiger partial charge in [0.25, 0.3) is 0 Å². The molecule has 1 rings (SSSR count). The minimum absolute atomic E-state index is 0.410. The van der Waals surface area contributed by atoms with Crippen molar-refractivity contribution >= 4 is 0 Å². The van der Waals surface area contributed by atoms with Gasteiger partial charge in [-0.05, 0) is 47.2 Å². The van der Waals surface area contributed by atoms with Crippen LogP contribution < -0.4 is 5.32 Å². The number of nitrogens with one attached hydrogen (secondary N) is 1. The summed E-state index contributed by atoms with van der Waals surface area (Å²) in [5.74, 6) is 0. The lowest BCUT2D eigenvalue weighted by Gasteiger charge is -2.36. The van der Waals surface area contributed by atoms with Gasteiger partial charge in [-0.25, -0.2) is 0 Å². The molecule has 1 fully saturated rings. The monoisotopic (exact) mass is 228 g/mol. The molecule has 3 atom stereocenters. The maximum atomic E-state index is 5.63. The average molecular weight is 228 g/mol. The molecule has 0 radical (unpaired) electrons. The third kappa shape index (κ3) is 4.81. The van der Waals surface area contributed by atoms with Gasteiger partial charge in [-0.15, -0.1) is 0 Å². The zero-order valence-electron chi connectivity index (χ0n) is 11.3. The van der Waals surface area contributed by atoms with E-state index in [0.717, 1.165) is 13.2 Å². The van der Waals surface area contributed by atoms with E-state index in [1.165, 1.54) is 25.8 Å². The van der Waals surface area contributed by atoms with Gasteiger partial charge in [0.1, 0.15) is 0 Å². The highest BCUT2D eigenvalue weighted by Crippen LogP contribution is 2.12. The highest BCUT2D eigenvalue weighted by Gasteiger charge is 2.22. The van der Waals surface area contributed by atoms with Crippen molar-refractivity contribution in [1.82, 2.24) is 10.2 Å². The topological polar surface area (TPSA) is 24.5 Å². The number of rotatable bonds is 6. The molecule has 1 heterocycles. The summed E-state index contributed by atoms with van der Waals surface area (Å²) in [6.07, 6.45) is 4.32. The minimum Gasteiger partial charge on any atom is -0.376 e. The maximum Gasteiger partial charge on any atom is 0.0674 e. The average Bonchev–Trinajstić information content (AvgIpc) is 2.28. The van der Waals surface area contributed by atoms with Gasteiger partial charge in [-0.3, -0.25) is 4.90 Å². The summed E-state index contributed by atoms with van der Waals surface area (Å²) < 4.78 is 5.63. The Balaban J connectivity index is 2.11. The number of morpholine rings is 1. The quantitative estimate of drug-likeness (QED) is 0.703. The summed E-state index contributed by atoms with van der Waals surface area (Å²) in [5.41, 5.74) is 0. The van der Waals surface area contributed by atoms with Crippen molar-refractivity contribution < 1.29 is 4.74 Å². The summed E-state index contributed by atoms with van der Waals surface area (Å²) in [5, 5.41) is 3.29. The molecule has 0 aromatic carbocycles. The standard InChI is InChI=1S/C13H28N2O/c1-11(14-4)7-5-6-8-15-9-13(3)16-10-12(15)2/h11-14H,5-10H2,1-4H3. The van der Waals surface area contributed by atoms with Crippen LogP contribution in [0.3, 0.4) is 0 Å². The van der Waals surface area contributed by atoms with Crippen LogP contribution in [0.5, 0.6) is 0 Å². The first-order chi connectivity index (χ1) is 7.63. The highest BCUT2D eigenvalue weighted by atomic mass is 16.5. The molecule has 0 bridgehead atoms. The smallest absolute Gasteiger partial charge is 0.0674 e. The molecule has 1 aliphatic heterocycles. The van der Waals surface area contributed by atoms with Crippen LogP contribution in [-0.4, -0.2) is 49.8 Å². The molecule has 3 unspecified atom stereocenters. The fraction of sp³-hybridized carbons (Fsp3) is 1.00. The van der Waals surface area contributed by atoms with Crippen LogP contribution in [-0.2, 0) is 4.74 Å². The van der Waals surface area contributed by atoms with Crippen molar-refractivity contribution in [3.8, 4) is 0 Å². The third-order valence-electron chi connectivity index (χ3n) is 3.56. The molecule has 0 aromatic rings. The van der Waals surface area contributed by atoms with Crippen LogP contribution in [0.4, 0.5) is 0 Å². The first-order valence-corrected chi connectivity index (χ1v) is 6.66. The van der Waals surface area contributed by atoms with Crippen LogP contribution in [0.2, 0.25) is 0 Å². The van der Waals surface area contributed by atoms with E-state index in [1.54, 1.807) is 0 Å². The van der Waals surface area contributed by atoms with E-state index < -0.39 is 0 Å². The van der Waals surface area contributed by atoms with Crippen molar-refractivity contribution in [1.29, 1.82) is 0 Å². The van der Waals surface area contributed by atoms with Crippen LogP contribution in [0, 0.1) is 0 Å². The van der Waals surface area contributed by atoms with E-state index in [9.17, 15) is 0 Å². The Kier molecular flexibility index (Phi) is 6.32. The van der Waals surface area contributed by atoms with Gasteiger partial charge in [0.15, 0.2) is 0 Å². The molecule has 3 nitrogen and oxygen atoms in total. The normalized spacial score (nSPS) is 29.2. The Morgan fingerprint density at radius 1 is 1.38 bits per heavy atom. The summed E-state index contributed by atoms with van der Waals surface area (Å²) >= 11 is 0. The summed E-state index contributed by atoms with van der Waals surface area (Å²) in [7, 11) is 2.04. The molecular weight excluding hydrogens is 200 g/mol. The molecule has 0 aromatic heterocycles. The number of hydrogen-bond acceptors (Lipinski definition) is 3. The Bertz CT molecular complexity index is 187. The number of unbranched alkanes of at least 4 members (excludes halogenated alkanes) is 1. The van der Waals surface area contributed by atoms with Crippen molar-refractivity contribution in [2.75, 3.05) is 26.7 Å².